The van der Waals surface area contributed by atoms with Crippen molar-refractivity contribution in [3.63, 3.8) is 0 Å². The van der Waals surface area contributed by atoms with Crippen LogP contribution in [0.1, 0.15) is 54.4 Å². The van der Waals surface area contributed by atoms with E-state index in [2.05, 4.69) is 41.5 Å². The molecule has 0 aromatic heterocycles. The number of aliphatic hydroxyl groups excluding tert-OH is 1. The summed E-state index contributed by atoms with van der Waals surface area (Å²) in [5.74, 6) is -0.855. The summed E-state index contributed by atoms with van der Waals surface area (Å²) in [6.45, 7) is 14.6. The number of hydrogen-bond donors (Lipinski definition) is 2. The Morgan fingerprint density at radius 1 is 1.05 bits per heavy atom. The van der Waals surface area contributed by atoms with Crippen LogP contribution in [0.5, 0.6) is 0 Å². The lowest BCUT2D eigenvalue weighted by Gasteiger charge is -2.42. The van der Waals surface area contributed by atoms with Gasteiger partial charge in [-0.3, -0.25) is 0 Å². The van der Waals surface area contributed by atoms with Crippen LogP contribution in [0.25, 0.3) is 0 Å². The molecule has 1 rings (SSSR count). The molecule has 0 saturated heterocycles. The van der Waals surface area contributed by atoms with Gasteiger partial charge in [-0.25, -0.2) is 0 Å². The van der Waals surface area contributed by atoms with Crippen molar-refractivity contribution in [3.05, 3.63) is 0 Å². The normalized spacial score (nSPS) is 26.1. The highest BCUT2D eigenvalue weighted by molar-refractivity contribution is 6.77. The second-order valence-corrected chi connectivity index (χ2v) is 12.7. The van der Waals surface area contributed by atoms with Gasteiger partial charge in [0.25, 0.3) is 0 Å². The smallest absolute Gasteiger partial charge is 0.200 e. The molecular formula is C16H34O4Si. The van der Waals surface area contributed by atoms with E-state index in [0.29, 0.717) is 29.7 Å². The van der Waals surface area contributed by atoms with Gasteiger partial charge in [0, 0.05) is 18.9 Å². The van der Waals surface area contributed by atoms with Crippen molar-refractivity contribution in [1.82, 2.24) is 0 Å². The maximum absolute atomic E-state index is 10.1. The van der Waals surface area contributed by atoms with Crippen molar-refractivity contribution in [1.29, 1.82) is 0 Å². The highest BCUT2D eigenvalue weighted by atomic mass is 28.4. The topological polar surface area (TPSA) is 58.9 Å². The Labute approximate surface area is 131 Å². The van der Waals surface area contributed by atoms with Crippen LogP contribution < -0.4 is 0 Å². The molecule has 0 radical (unpaired) electrons. The molecule has 4 nitrogen and oxygen atoms in total. The number of aliphatic hydroxyl groups is 2. The van der Waals surface area contributed by atoms with Crippen molar-refractivity contribution in [2.24, 2.45) is 5.92 Å². The lowest BCUT2D eigenvalue weighted by molar-refractivity contribution is -0.143. The number of ether oxygens (including phenoxy) is 1. The van der Waals surface area contributed by atoms with Crippen molar-refractivity contribution in [2.45, 2.75) is 76.8 Å². The van der Waals surface area contributed by atoms with E-state index in [1.54, 1.807) is 0 Å². The molecule has 21 heavy (non-hydrogen) atoms. The Morgan fingerprint density at radius 2 is 1.57 bits per heavy atom. The predicted molar refractivity (Wildman–Crippen MR) is 87.7 cm³/mol. The molecule has 0 spiro atoms. The average Bonchev–Trinajstić information content (AvgIpc) is 3.02. The van der Waals surface area contributed by atoms with Gasteiger partial charge in [0.05, 0.1) is 13.2 Å². The Kier molecular flexibility index (Phi) is 6.87. The van der Waals surface area contributed by atoms with E-state index in [9.17, 15) is 5.11 Å². The first-order valence-electron chi connectivity index (χ1n) is 8.31. The molecule has 0 aliphatic heterocycles. The summed E-state index contributed by atoms with van der Waals surface area (Å²) in [6.07, 6.45) is 1.50. The van der Waals surface area contributed by atoms with Crippen LogP contribution in [-0.4, -0.2) is 44.1 Å². The van der Waals surface area contributed by atoms with Gasteiger partial charge in [0.2, 0.25) is 0 Å². The summed E-state index contributed by atoms with van der Waals surface area (Å²) >= 11 is 0. The van der Waals surface area contributed by atoms with Gasteiger partial charge in [-0.05, 0) is 23.0 Å². The molecule has 1 saturated carbocycles. The third-order valence-corrected chi connectivity index (χ3v) is 11.1. The van der Waals surface area contributed by atoms with Gasteiger partial charge in [0.15, 0.2) is 14.1 Å². The SMILES string of the molecule is CC(C)[Si](OCC[C@@H]1C[C@@]1(O)OCCO)(C(C)C)C(C)C. The zero-order valence-corrected chi connectivity index (χ0v) is 15.6. The fraction of sp³-hybridized carbons (Fsp3) is 1.00. The largest absolute Gasteiger partial charge is 0.416 e. The molecule has 2 N–H and O–H groups in total. The molecule has 5 heteroatoms. The van der Waals surface area contributed by atoms with Crippen LogP contribution in [0, 0.1) is 5.92 Å². The quantitative estimate of drug-likeness (QED) is 0.479. The monoisotopic (exact) mass is 318 g/mol. The van der Waals surface area contributed by atoms with E-state index >= 15 is 0 Å². The van der Waals surface area contributed by atoms with Crippen LogP contribution in [0.4, 0.5) is 0 Å². The molecule has 126 valence electrons. The molecular weight excluding hydrogens is 284 g/mol. The van der Waals surface area contributed by atoms with Gasteiger partial charge >= 0.3 is 0 Å². The molecule has 0 bridgehead atoms. The minimum Gasteiger partial charge on any atom is -0.416 e. The maximum atomic E-state index is 10.1. The first kappa shape index (κ1) is 19.1. The summed E-state index contributed by atoms with van der Waals surface area (Å²) in [6, 6.07) is 0. The van der Waals surface area contributed by atoms with Gasteiger partial charge in [-0.15, -0.1) is 0 Å². The lowest BCUT2D eigenvalue weighted by Crippen LogP contribution is -2.48. The third-order valence-electron chi connectivity index (χ3n) is 4.99. The Hall–Kier alpha value is 0.0569. The Balaban J connectivity index is 2.49. The van der Waals surface area contributed by atoms with Gasteiger partial charge < -0.3 is 19.4 Å². The van der Waals surface area contributed by atoms with Crippen molar-refractivity contribution < 1.29 is 19.4 Å². The second kappa shape index (κ2) is 7.55. The van der Waals surface area contributed by atoms with Crippen molar-refractivity contribution >= 4 is 8.32 Å². The fourth-order valence-electron chi connectivity index (χ4n) is 3.90. The Morgan fingerprint density at radius 3 is 2.00 bits per heavy atom. The summed E-state index contributed by atoms with van der Waals surface area (Å²) < 4.78 is 11.8. The molecule has 0 heterocycles. The highest BCUT2D eigenvalue weighted by Crippen LogP contribution is 2.48. The molecule has 0 aromatic carbocycles. The average molecular weight is 319 g/mol. The molecule has 2 atom stereocenters. The highest BCUT2D eigenvalue weighted by Gasteiger charge is 2.54. The predicted octanol–water partition coefficient (Wildman–Crippen LogP) is 3.29. The van der Waals surface area contributed by atoms with Gasteiger partial charge in [-0.2, -0.15) is 0 Å². The maximum Gasteiger partial charge on any atom is 0.200 e. The minimum absolute atomic E-state index is 0.0460. The van der Waals surface area contributed by atoms with Crippen molar-refractivity contribution in [3.8, 4) is 0 Å². The fourth-order valence-corrected chi connectivity index (χ4v) is 9.37. The molecule has 0 aromatic rings. The van der Waals surface area contributed by atoms with Crippen LogP contribution in [0.15, 0.2) is 0 Å². The minimum atomic E-state index is -1.80. The molecule has 0 unspecified atom stereocenters. The number of hydrogen-bond acceptors (Lipinski definition) is 4. The summed E-state index contributed by atoms with van der Waals surface area (Å²) in [7, 11) is -1.80. The zero-order valence-electron chi connectivity index (χ0n) is 14.6. The summed E-state index contributed by atoms with van der Waals surface area (Å²) in [4.78, 5) is 0. The second-order valence-electron chi connectivity index (χ2n) is 7.27. The van der Waals surface area contributed by atoms with E-state index < -0.39 is 14.1 Å². The number of rotatable bonds is 10. The van der Waals surface area contributed by atoms with E-state index in [-0.39, 0.29) is 19.1 Å². The molecule has 1 aliphatic carbocycles. The van der Waals surface area contributed by atoms with E-state index in [0.717, 1.165) is 6.42 Å². The summed E-state index contributed by atoms with van der Waals surface area (Å²) in [5.41, 5.74) is 1.75. The van der Waals surface area contributed by atoms with E-state index in [1.165, 1.54) is 0 Å². The summed E-state index contributed by atoms with van der Waals surface area (Å²) in [5, 5.41) is 18.9. The standard InChI is InChI=1S/C16H34O4Si/c1-12(2)21(13(3)4,14(5)6)20-9-7-15-11-16(15,18)19-10-8-17/h12-15,17-18H,7-11H2,1-6H3/t15-,16-/m1/s1. The van der Waals surface area contributed by atoms with Crippen LogP contribution >= 0.6 is 0 Å². The lowest BCUT2D eigenvalue weighted by atomic mass is 10.3. The van der Waals surface area contributed by atoms with E-state index in [1.807, 2.05) is 0 Å². The van der Waals surface area contributed by atoms with Gasteiger partial charge in [0.1, 0.15) is 0 Å². The van der Waals surface area contributed by atoms with E-state index in [4.69, 9.17) is 14.3 Å². The first-order valence-corrected chi connectivity index (χ1v) is 10.5. The van der Waals surface area contributed by atoms with Gasteiger partial charge in [-0.1, -0.05) is 41.5 Å². The molecule has 1 aliphatic rings. The van der Waals surface area contributed by atoms with Crippen molar-refractivity contribution in [2.75, 3.05) is 19.8 Å². The Bertz CT molecular complexity index is 298. The van der Waals surface area contributed by atoms with Crippen LogP contribution in [0.3, 0.4) is 0 Å². The molecule has 1 fully saturated rings. The van der Waals surface area contributed by atoms with Crippen LogP contribution in [0.2, 0.25) is 16.6 Å². The first-order chi connectivity index (χ1) is 9.70. The zero-order chi connectivity index (χ0) is 16.3. The van der Waals surface area contributed by atoms with Crippen LogP contribution in [-0.2, 0) is 9.16 Å². The third kappa shape index (κ3) is 4.29. The molecule has 0 amide bonds.